The third kappa shape index (κ3) is 3.38. The van der Waals surface area contributed by atoms with Gasteiger partial charge in [-0.1, -0.05) is 0 Å². The molecule has 5 nitrogen and oxygen atoms in total. The summed E-state index contributed by atoms with van der Waals surface area (Å²) in [5.74, 6) is 0. The summed E-state index contributed by atoms with van der Waals surface area (Å²) in [6.07, 6.45) is 0. The molecule has 0 fully saturated rings. The smallest absolute Gasteiger partial charge is 0.194 e. The molecule has 0 aromatic carbocycles. The Bertz CT molecular complexity index is 585. The summed E-state index contributed by atoms with van der Waals surface area (Å²) < 4.78 is 2.19. The highest BCUT2D eigenvalue weighted by Crippen LogP contribution is 2.20. The molecule has 0 bridgehead atoms. The van der Waals surface area contributed by atoms with Crippen molar-refractivity contribution in [3.63, 3.8) is 0 Å². The second kappa shape index (κ2) is 5.81. The fourth-order valence-corrected chi connectivity index (χ4v) is 3.49. The lowest BCUT2D eigenvalue weighted by molar-refractivity contribution is 0.0335. The highest BCUT2D eigenvalue weighted by Gasteiger charge is 2.21. The average Bonchev–Trinajstić information content (AvgIpc) is 2.79. The Morgan fingerprint density at radius 1 is 1.45 bits per heavy atom. The van der Waals surface area contributed by atoms with Gasteiger partial charge in [0.15, 0.2) is 4.96 Å². The van der Waals surface area contributed by atoms with Crippen LogP contribution >= 0.6 is 11.3 Å². The molecule has 112 valence electrons. The summed E-state index contributed by atoms with van der Waals surface area (Å²) in [6.45, 7) is 7.90. The van der Waals surface area contributed by atoms with Gasteiger partial charge >= 0.3 is 0 Å². The second-order valence-corrected chi connectivity index (χ2v) is 6.81. The van der Waals surface area contributed by atoms with E-state index in [1.54, 1.807) is 11.3 Å². The number of hydrogen-bond acceptors (Lipinski definition) is 5. The minimum absolute atomic E-state index is 0.557. The van der Waals surface area contributed by atoms with Crippen molar-refractivity contribution in [1.82, 2.24) is 19.6 Å². The van der Waals surface area contributed by atoms with Crippen molar-refractivity contribution < 1.29 is 5.11 Å². The zero-order valence-corrected chi connectivity index (χ0v) is 13.7. The van der Waals surface area contributed by atoms with Crippen LogP contribution in [-0.2, 0) is 6.54 Å². The first kappa shape index (κ1) is 15.4. The van der Waals surface area contributed by atoms with Crippen LogP contribution in [0.1, 0.15) is 24.0 Å². The number of rotatable bonds is 6. The molecule has 0 spiro atoms. The number of aryl methyl sites for hydroxylation is 2. The number of aromatic nitrogens is 2. The van der Waals surface area contributed by atoms with Crippen LogP contribution < -0.4 is 5.32 Å². The van der Waals surface area contributed by atoms with Crippen molar-refractivity contribution in [3.05, 3.63) is 22.5 Å². The maximum atomic E-state index is 10.3. The molecule has 0 aliphatic carbocycles. The molecular weight excluding hydrogens is 272 g/mol. The maximum Gasteiger partial charge on any atom is 0.194 e. The van der Waals surface area contributed by atoms with Gasteiger partial charge in [-0.25, -0.2) is 4.98 Å². The van der Waals surface area contributed by atoms with Gasteiger partial charge in [-0.05, 0) is 34.9 Å². The topological polar surface area (TPSA) is 52.8 Å². The van der Waals surface area contributed by atoms with E-state index in [0.29, 0.717) is 19.6 Å². The van der Waals surface area contributed by atoms with E-state index in [2.05, 4.69) is 27.0 Å². The van der Waals surface area contributed by atoms with Crippen molar-refractivity contribution >= 4 is 16.3 Å². The van der Waals surface area contributed by atoms with Crippen LogP contribution in [0.25, 0.3) is 4.96 Å². The van der Waals surface area contributed by atoms with Crippen LogP contribution in [-0.4, -0.2) is 52.2 Å². The summed E-state index contributed by atoms with van der Waals surface area (Å²) in [5.41, 5.74) is 2.71. The van der Waals surface area contributed by atoms with E-state index in [0.717, 1.165) is 10.7 Å². The Morgan fingerprint density at radius 3 is 2.80 bits per heavy atom. The van der Waals surface area contributed by atoms with Gasteiger partial charge in [0.05, 0.1) is 17.0 Å². The Balaban J connectivity index is 2.03. The van der Waals surface area contributed by atoms with Crippen LogP contribution in [0.4, 0.5) is 0 Å². The lowest BCUT2D eigenvalue weighted by Crippen LogP contribution is -2.45. The Kier molecular flexibility index (Phi) is 4.49. The first-order valence-corrected chi connectivity index (χ1v) is 7.68. The van der Waals surface area contributed by atoms with E-state index in [-0.39, 0.29) is 0 Å². The standard InChI is InChI=1S/C14H24N4OS/c1-10-7-20-13-16-11(2)12(18(10)13)6-15-8-14(3,19)9-17(4)5/h7,15,19H,6,8-9H2,1-5H3. The summed E-state index contributed by atoms with van der Waals surface area (Å²) in [7, 11) is 3.93. The molecule has 2 rings (SSSR count). The summed E-state index contributed by atoms with van der Waals surface area (Å²) in [6, 6.07) is 0. The van der Waals surface area contributed by atoms with Crippen molar-refractivity contribution in [2.75, 3.05) is 27.2 Å². The molecular formula is C14H24N4OS. The number of nitrogens with one attached hydrogen (secondary N) is 1. The number of hydrogen-bond donors (Lipinski definition) is 2. The Morgan fingerprint density at radius 2 is 2.15 bits per heavy atom. The first-order chi connectivity index (χ1) is 9.30. The van der Waals surface area contributed by atoms with Crippen molar-refractivity contribution in [1.29, 1.82) is 0 Å². The zero-order chi connectivity index (χ0) is 14.9. The molecule has 0 saturated carbocycles. The van der Waals surface area contributed by atoms with E-state index in [1.165, 1.54) is 11.4 Å². The Hall–Kier alpha value is -0.950. The first-order valence-electron chi connectivity index (χ1n) is 6.80. The normalized spacial score (nSPS) is 15.2. The predicted octanol–water partition coefficient (Wildman–Crippen LogP) is 1.41. The molecule has 6 heteroatoms. The van der Waals surface area contributed by atoms with E-state index < -0.39 is 5.60 Å². The molecule has 2 N–H and O–H groups in total. The predicted molar refractivity (Wildman–Crippen MR) is 83.4 cm³/mol. The number of likely N-dealkylation sites (N-methyl/N-ethyl adjacent to an activating group) is 1. The molecule has 1 atom stereocenters. The lowest BCUT2D eigenvalue weighted by Gasteiger charge is -2.27. The molecule has 0 aliphatic heterocycles. The summed E-state index contributed by atoms with van der Waals surface area (Å²) >= 11 is 1.66. The van der Waals surface area contributed by atoms with Crippen molar-refractivity contribution in [2.24, 2.45) is 0 Å². The SMILES string of the molecule is Cc1nc2scc(C)n2c1CNCC(C)(O)CN(C)C. The van der Waals surface area contributed by atoms with Gasteiger partial charge in [-0.2, -0.15) is 0 Å². The highest BCUT2D eigenvalue weighted by atomic mass is 32.1. The lowest BCUT2D eigenvalue weighted by atomic mass is 10.1. The average molecular weight is 296 g/mol. The van der Waals surface area contributed by atoms with E-state index in [9.17, 15) is 5.11 Å². The molecule has 1 unspecified atom stereocenters. The molecule has 0 radical (unpaired) electrons. The van der Waals surface area contributed by atoms with E-state index >= 15 is 0 Å². The van der Waals surface area contributed by atoms with Crippen molar-refractivity contribution in [2.45, 2.75) is 32.9 Å². The van der Waals surface area contributed by atoms with Crippen LogP contribution in [0.2, 0.25) is 0 Å². The van der Waals surface area contributed by atoms with E-state index in [1.807, 2.05) is 32.8 Å². The Labute approximate surface area is 124 Å². The van der Waals surface area contributed by atoms with Gasteiger partial charge in [0, 0.05) is 30.7 Å². The van der Waals surface area contributed by atoms with Crippen LogP contribution in [0.5, 0.6) is 0 Å². The van der Waals surface area contributed by atoms with Gasteiger partial charge in [0.25, 0.3) is 0 Å². The number of imidazole rings is 1. The number of nitrogens with zero attached hydrogens (tertiary/aromatic N) is 3. The van der Waals surface area contributed by atoms with Crippen LogP contribution in [0.15, 0.2) is 5.38 Å². The minimum Gasteiger partial charge on any atom is -0.388 e. The molecule has 0 saturated heterocycles. The molecule has 0 aliphatic rings. The largest absolute Gasteiger partial charge is 0.388 e. The highest BCUT2D eigenvalue weighted by molar-refractivity contribution is 7.15. The molecule has 2 aromatic rings. The van der Waals surface area contributed by atoms with Gasteiger partial charge in [-0.3, -0.25) is 4.40 Å². The number of thiazole rings is 1. The quantitative estimate of drug-likeness (QED) is 0.846. The van der Waals surface area contributed by atoms with Gasteiger partial charge in [0.2, 0.25) is 0 Å². The third-order valence-corrected chi connectivity index (χ3v) is 4.23. The second-order valence-electron chi connectivity index (χ2n) is 5.98. The van der Waals surface area contributed by atoms with Crippen molar-refractivity contribution in [3.8, 4) is 0 Å². The van der Waals surface area contributed by atoms with E-state index in [4.69, 9.17) is 0 Å². The maximum absolute atomic E-state index is 10.3. The van der Waals surface area contributed by atoms with Gasteiger partial charge < -0.3 is 15.3 Å². The minimum atomic E-state index is -0.731. The van der Waals surface area contributed by atoms with Crippen LogP contribution in [0, 0.1) is 13.8 Å². The third-order valence-electron chi connectivity index (χ3n) is 3.28. The summed E-state index contributed by atoms with van der Waals surface area (Å²) in [4.78, 5) is 7.60. The van der Waals surface area contributed by atoms with Gasteiger partial charge in [0.1, 0.15) is 0 Å². The molecule has 2 aromatic heterocycles. The van der Waals surface area contributed by atoms with Crippen LogP contribution in [0.3, 0.4) is 0 Å². The number of aliphatic hydroxyl groups is 1. The summed E-state index contributed by atoms with van der Waals surface area (Å²) in [5, 5.41) is 15.8. The monoisotopic (exact) mass is 296 g/mol. The fourth-order valence-electron chi connectivity index (χ4n) is 2.56. The van der Waals surface area contributed by atoms with Gasteiger partial charge in [-0.15, -0.1) is 11.3 Å². The fraction of sp³-hybridized carbons (Fsp3) is 0.643. The molecule has 20 heavy (non-hydrogen) atoms. The number of fused-ring (bicyclic) bond motifs is 1. The molecule has 0 amide bonds. The molecule has 2 heterocycles. The zero-order valence-electron chi connectivity index (χ0n) is 12.9.